The summed E-state index contributed by atoms with van der Waals surface area (Å²) in [4.78, 5) is 13.4. The van der Waals surface area contributed by atoms with Gasteiger partial charge in [-0.05, 0) is 28.6 Å². The molecule has 0 radical (unpaired) electrons. The van der Waals surface area contributed by atoms with Gasteiger partial charge in [0.15, 0.2) is 9.84 Å². The van der Waals surface area contributed by atoms with E-state index in [1.807, 2.05) is 31.2 Å². The highest BCUT2D eigenvalue weighted by atomic mass is 32.2. The van der Waals surface area contributed by atoms with E-state index < -0.39 is 20.8 Å². The molecule has 0 saturated heterocycles. The highest BCUT2D eigenvalue weighted by Crippen LogP contribution is 2.40. The highest BCUT2D eigenvalue weighted by molar-refractivity contribution is 7.90. The van der Waals surface area contributed by atoms with E-state index >= 15 is 0 Å². The van der Waals surface area contributed by atoms with Crippen LogP contribution in [0.5, 0.6) is 0 Å². The van der Waals surface area contributed by atoms with Crippen molar-refractivity contribution in [2.24, 2.45) is 5.92 Å². The first-order valence-electron chi connectivity index (χ1n) is 6.95. The predicted molar refractivity (Wildman–Crippen MR) is 81.4 cm³/mol. The van der Waals surface area contributed by atoms with Crippen molar-refractivity contribution in [3.8, 4) is 0 Å². The fraction of sp³-hybridized carbons (Fsp3) is 0.429. The monoisotopic (exact) mass is 323 g/mol. The molecular weight excluding hydrogens is 306 g/mol. The molecular formula is C14H17N3O4S. The third kappa shape index (κ3) is 2.66. The number of aromatic nitrogens is 2. The zero-order valence-corrected chi connectivity index (χ0v) is 13.1. The second-order valence-corrected chi connectivity index (χ2v) is 7.87. The minimum Gasteiger partial charge on any atom is -0.350 e. The van der Waals surface area contributed by atoms with Crippen molar-refractivity contribution in [2.75, 3.05) is 11.6 Å². The molecule has 0 fully saturated rings. The number of rotatable bonds is 3. The van der Waals surface area contributed by atoms with E-state index in [1.165, 1.54) is 6.26 Å². The summed E-state index contributed by atoms with van der Waals surface area (Å²) in [5, 5.41) is 6.06. The Bertz CT molecular complexity index is 840. The summed E-state index contributed by atoms with van der Waals surface area (Å²) in [6.45, 7) is 1.89. The Morgan fingerprint density at radius 2 is 2.09 bits per heavy atom. The Kier molecular flexibility index (Phi) is 3.56. The summed E-state index contributed by atoms with van der Waals surface area (Å²) in [7, 11) is -3.26. The van der Waals surface area contributed by atoms with Crippen molar-refractivity contribution in [3.63, 3.8) is 0 Å². The van der Waals surface area contributed by atoms with Crippen molar-refractivity contribution in [2.45, 2.75) is 24.6 Å². The fourth-order valence-corrected chi connectivity index (χ4v) is 4.85. The third-order valence-corrected chi connectivity index (χ3v) is 5.74. The standard InChI is InChI=1S/C14H17N3O4S/c1-8-11(15-13-16-14(18)21-17-13)7-9-5-3-4-6-10(9)12(8)22(2,19)20/h3-6,8,11-12H,7H2,1-2H3,(H2,15,16,17,18)/t8-,11-,12?/m1/s1. The van der Waals surface area contributed by atoms with E-state index in [9.17, 15) is 13.2 Å². The van der Waals surface area contributed by atoms with Gasteiger partial charge in [0.25, 0.3) is 0 Å². The van der Waals surface area contributed by atoms with Gasteiger partial charge in [-0.2, -0.15) is 0 Å². The minimum atomic E-state index is -3.26. The smallest absolute Gasteiger partial charge is 0.350 e. The maximum Gasteiger partial charge on any atom is 0.440 e. The average molecular weight is 323 g/mol. The van der Waals surface area contributed by atoms with Crippen LogP contribution >= 0.6 is 0 Å². The van der Waals surface area contributed by atoms with Gasteiger partial charge in [0.1, 0.15) is 0 Å². The third-order valence-electron chi connectivity index (χ3n) is 4.14. The van der Waals surface area contributed by atoms with Gasteiger partial charge in [-0.15, -0.1) is 0 Å². The van der Waals surface area contributed by atoms with Crippen LogP contribution in [0, 0.1) is 5.92 Å². The first-order chi connectivity index (χ1) is 10.4. The molecule has 1 aliphatic rings. The van der Waals surface area contributed by atoms with E-state index in [0.717, 1.165) is 11.1 Å². The van der Waals surface area contributed by atoms with E-state index in [2.05, 4.69) is 20.0 Å². The molecule has 2 N–H and O–H groups in total. The van der Waals surface area contributed by atoms with Crippen LogP contribution in [0.1, 0.15) is 23.3 Å². The second kappa shape index (κ2) is 5.28. The predicted octanol–water partition coefficient (Wildman–Crippen LogP) is 1.12. The van der Waals surface area contributed by atoms with Gasteiger partial charge >= 0.3 is 5.76 Å². The summed E-state index contributed by atoms with van der Waals surface area (Å²) >= 11 is 0. The van der Waals surface area contributed by atoms with Crippen LogP contribution in [0.3, 0.4) is 0 Å². The molecule has 0 spiro atoms. The maximum absolute atomic E-state index is 12.2. The minimum absolute atomic E-state index is 0.171. The normalized spacial score (nSPS) is 24.7. The number of H-pyrrole nitrogens is 1. The van der Waals surface area contributed by atoms with Gasteiger partial charge < -0.3 is 5.32 Å². The Labute approximate surface area is 127 Å². The first-order valence-corrected chi connectivity index (χ1v) is 8.91. The quantitative estimate of drug-likeness (QED) is 0.877. The van der Waals surface area contributed by atoms with E-state index in [1.54, 1.807) is 0 Å². The number of nitrogens with zero attached hydrogens (tertiary/aromatic N) is 1. The average Bonchev–Trinajstić information content (AvgIpc) is 2.83. The molecule has 118 valence electrons. The van der Waals surface area contributed by atoms with E-state index in [-0.39, 0.29) is 17.9 Å². The molecule has 0 aliphatic heterocycles. The summed E-state index contributed by atoms with van der Waals surface area (Å²) < 4.78 is 28.9. The molecule has 1 unspecified atom stereocenters. The number of sulfone groups is 1. The summed E-state index contributed by atoms with van der Waals surface area (Å²) in [5.74, 6) is -0.607. The van der Waals surface area contributed by atoms with Crippen LogP contribution in [-0.2, 0) is 16.3 Å². The number of aromatic amines is 1. The molecule has 1 heterocycles. The molecule has 1 aromatic carbocycles. The van der Waals surface area contributed by atoms with Crippen molar-refractivity contribution in [3.05, 3.63) is 45.9 Å². The van der Waals surface area contributed by atoms with Gasteiger partial charge in [-0.1, -0.05) is 31.2 Å². The van der Waals surface area contributed by atoms with Crippen LogP contribution in [0.15, 0.2) is 33.6 Å². The molecule has 1 aromatic heterocycles. The van der Waals surface area contributed by atoms with Crippen molar-refractivity contribution < 1.29 is 12.9 Å². The molecule has 7 nitrogen and oxygen atoms in total. The van der Waals surface area contributed by atoms with Crippen LogP contribution < -0.4 is 11.1 Å². The lowest BCUT2D eigenvalue weighted by Crippen LogP contribution is -2.40. The van der Waals surface area contributed by atoms with Crippen molar-refractivity contribution in [1.82, 2.24) is 10.1 Å². The van der Waals surface area contributed by atoms with Gasteiger partial charge in [0, 0.05) is 12.3 Å². The molecule has 0 saturated carbocycles. The maximum atomic E-state index is 12.2. The summed E-state index contributed by atoms with van der Waals surface area (Å²) in [6.07, 6.45) is 1.91. The number of anilines is 1. The Hall–Kier alpha value is -2.09. The number of nitrogens with one attached hydrogen (secondary N) is 2. The van der Waals surface area contributed by atoms with Crippen LogP contribution in [-0.4, -0.2) is 30.9 Å². The molecule has 8 heteroatoms. The van der Waals surface area contributed by atoms with Crippen LogP contribution in [0.2, 0.25) is 0 Å². The zero-order chi connectivity index (χ0) is 15.9. The van der Waals surface area contributed by atoms with Crippen molar-refractivity contribution >= 4 is 15.8 Å². The molecule has 3 rings (SSSR count). The Morgan fingerprint density at radius 1 is 1.36 bits per heavy atom. The molecule has 0 amide bonds. The Balaban J connectivity index is 1.99. The zero-order valence-electron chi connectivity index (χ0n) is 12.2. The molecule has 1 aliphatic carbocycles. The molecule has 2 aromatic rings. The molecule has 0 bridgehead atoms. The summed E-state index contributed by atoms with van der Waals surface area (Å²) in [6, 6.07) is 7.37. The van der Waals surface area contributed by atoms with Gasteiger partial charge in [-0.3, -0.25) is 9.51 Å². The van der Waals surface area contributed by atoms with Crippen LogP contribution in [0.25, 0.3) is 0 Å². The molecule has 22 heavy (non-hydrogen) atoms. The number of hydrogen-bond donors (Lipinski definition) is 2. The summed E-state index contributed by atoms with van der Waals surface area (Å²) in [5.41, 5.74) is 1.84. The SMILES string of the molecule is C[C@H]1C(S(C)(=O)=O)c2ccccc2C[C@H]1Nc1noc(=O)[nH]1. The number of fused-ring (bicyclic) bond motifs is 1. The Morgan fingerprint density at radius 3 is 2.73 bits per heavy atom. The van der Waals surface area contributed by atoms with E-state index in [4.69, 9.17) is 0 Å². The van der Waals surface area contributed by atoms with Crippen LogP contribution in [0.4, 0.5) is 5.95 Å². The lowest BCUT2D eigenvalue weighted by atomic mass is 9.80. The topological polar surface area (TPSA) is 105 Å². The van der Waals surface area contributed by atoms with Gasteiger partial charge in [0.2, 0.25) is 5.95 Å². The lowest BCUT2D eigenvalue weighted by molar-refractivity contribution is 0.383. The molecule has 3 atom stereocenters. The lowest BCUT2D eigenvalue weighted by Gasteiger charge is -2.36. The van der Waals surface area contributed by atoms with Gasteiger partial charge in [-0.25, -0.2) is 13.2 Å². The first kappa shape index (κ1) is 14.8. The largest absolute Gasteiger partial charge is 0.440 e. The fourth-order valence-electron chi connectivity index (χ4n) is 3.19. The van der Waals surface area contributed by atoms with E-state index in [0.29, 0.717) is 6.42 Å². The van der Waals surface area contributed by atoms with Gasteiger partial charge in [0.05, 0.1) is 5.25 Å². The second-order valence-electron chi connectivity index (χ2n) is 5.71. The highest BCUT2D eigenvalue weighted by Gasteiger charge is 2.39. The number of benzene rings is 1. The number of hydrogen-bond acceptors (Lipinski definition) is 6. The van der Waals surface area contributed by atoms with Crippen molar-refractivity contribution in [1.29, 1.82) is 0 Å².